The van der Waals surface area contributed by atoms with Crippen LogP contribution in [0.5, 0.6) is 0 Å². The van der Waals surface area contributed by atoms with Crippen molar-refractivity contribution < 1.29 is 0 Å². The molecule has 0 radical (unpaired) electrons. The third-order valence-electron chi connectivity index (χ3n) is 3.98. The Bertz CT molecular complexity index is 1120. The second-order valence-corrected chi connectivity index (χ2v) is 6.02. The predicted octanol–water partition coefficient (Wildman–Crippen LogP) is 3.57. The van der Waals surface area contributed by atoms with Crippen molar-refractivity contribution in [1.29, 1.82) is 0 Å². The van der Waals surface area contributed by atoms with Gasteiger partial charge < -0.3 is 4.98 Å². The number of nitrogens with zero attached hydrogens (tertiary/aromatic N) is 3. The van der Waals surface area contributed by atoms with Crippen LogP contribution in [0.3, 0.4) is 0 Å². The summed E-state index contributed by atoms with van der Waals surface area (Å²) in [4.78, 5) is 24.3. The average Bonchev–Trinajstić information content (AvgIpc) is 3.23. The zero-order chi connectivity index (χ0) is 17.4. The number of halogens is 1. The van der Waals surface area contributed by atoms with Crippen molar-refractivity contribution in [1.82, 2.24) is 24.7 Å². The lowest BCUT2D eigenvalue weighted by atomic mass is 10.1. The van der Waals surface area contributed by atoms with Gasteiger partial charge >= 0.3 is 0 Å². The topological polar surface area (TPSA) is 79.4 Å². The molecule has 0 amide bonds. The van der Waals surface area contributed by atoms with E-state index in [0.717, 1.165) is 22.6 Å². The highest BCUT2D eigenvalue weighted by Gasteiger charge is 2.13. The second-order valence-electron chi connectivity index (χ2n) is 5.58. The summed E-state index contributed by atoms with van der Waals surface area (Å²) in [6, 6.07) is 7.07. The molecule has 4 aromatic rings. The molecule has 0 atom stereocenters. The summed E-state index contributed by atoms with van der Waals surface area (Å²) in [5, 5.41) is 4.32. The lowest BCUT2D eigenvalue weighted by Gasteiger charge is -2.02. The first-order valence-corrected chi connectivity index (χ1v) is 8.05. The Morgan fingerprint density at radius 1 is 1.16 bits per heavy atom. The van der Waals surface area contributed by atoms with Gasteiger partial charge in [-0.15, -0.1) is 0 Å². The van der Waals surface area contributed by atoms with Gasteiger partial charge in [0.1, 0.15) is 5.82 Å². The highest BCUT2D eigenvalue weighted by atomic mass is 35.5. The van der Waals surface area contributed by atoms with Crippen LogP contribution in [0.15, 0.2) is 47.7 Å². The molecule has 0 aliphatic heterocycles. The lowest BCUT2D eigenvalue weighted by Crippen LogP contribution is -2.14. The normalized spacial score (nSPS) is 11.6. The van der Waals surface area contributed by atoms with Crippen LogP contribution in [0.1, 0.15) is 17.1 Å². The van der Waals surface area contributed by atoms with Gasteiger partial charge in [-0.3, -0.25) is 14.9 Å². The number of rotatable bonds is 3. The molecule has 4 rings (SSSR count). The number of aryl methyl sites for hydroxylation is 1. The third-order valence-corrected chi connectivity index (χ3v) is 4.24. The van der Waals surface area contributed by atoms with Crippen LogP contribution in [-0.4, -0.2) is 24.7 Å². The molecular formula is C18H14ClN5O. The number of benzene rings is 1. The monoisotopic (exact) mass is 351 g/mol. The van der Waals surface area contributed by atoms with Crippen LogP contribution in [0.4, 0.5) is 0 Å². The number of imidazole rings is 1. The molecule has 0 bridgehead atoms. The fraction of sp³-hybridized carbons (Fsp3) is 0.0556. The zero-order valence-electron chi connectivity index (χ0n) is 13.3. The Balaban J connectivity index is 1.89. The molecule has 6 nitrogen and oxygen atoms in total. The van der Waals surface area contributed by atoms with E-state index in [0.29, 0.717) is 16.1 Å². The minimum absolute atomic E-state index is 0.155. The summed E-state index contributed by atoms with van der Waals surface area (Å²) in [6.45, 7) is 1.90. The van der Waals surface area contributed by atoms with Crippen molar-refractivity contribution in [2.45, 2.75) is 6.92 Å². The van der Waals surface area contributed by atoms with Crippen LogP contribution in [0, 0.1) is 6.92 Å². The SMILES string of the molecule is Cc1ncc2c(=O)n(-c3ccc(Cl)cc3)[nH]c2c1C=Cc1ncc[nH]1. The van der Waals surface area contributed by atoms with Gasteiger partial charge in [-0.2, -0.15) is 0 Å². The van der Waals surface area contributed by atoms with Crippen LogP contribution in [0.25, 0.3) is 28.7 Å². The van der Waals surface area contributed by atoms with Crippen LogP contribution >= 0.6 is 11.6 Å². The smallest absolute Gasteiger partial charge is 0.280 e. The first kappa shape index (κ1) is 15.4. The molecule has 0 saturated heterocycles. The molecule has 7 heteroatoms. The van der Waals surface area contributed by atoms with E-state index in [1.165, 1.54) is 4.68 Å². The van der Waals surface area contributed by atoms with Gasteiger partial charge in [-0.1, -0.05) is 11.6 Å². The van der Waals surface area contributed by atoms with Gasteiger partial charge in [-0.25, -0.2) is 9.67 Å². The predicted molar refractivity (Wildman–Crippen MR) is 99.0 cm³/mol. The number of hydrogen-bond acceptors (Lipinski definition) is 3. The third kappa shape index (κ3) is 2.77. The maximum absolute atomic E-state index is 12.7. The minimum Gasteiger partial charge on any atom is -0.345 e. The summed E-state index contributed by atoms with van der Waals surface area (Å²) in [7, 11) is 0. The fourth-order valence-corrected chi connectivity index (χ4v) is 2.82. The van der Waals surface area contributed by atoms with Crippen molar-refractivity contribution in [3.05, 3.63) is 75.3 Å². The maximum Gasteiger partial charge on any atom is 0.280 e. The molecule has 0 unspecified atom stereocenters. The molecule has 124 valence electrons. The Kier molecular flexibility index (Phi) is 3.74. The van der Waals surface area contributed by atoms with E-state index in [4.69, 9.17) is 11.6 Å². The molecule has 3 aromatic heterocycles. The first-order valence-electron chi connectivity index (χ1n) is 7.67. The van der Waals surface area contributed by atoms with Crippen molar-refractivity contribution in [3.8, 4) is 5.69 Å². The van der Waals surface area contributed by atoms with E-state index in [-0.39, 0.29) is 5.56 Å². The van der Waals surface area contributed by atoms with Crippen molar-refractivity contribution in [2.75, 3.05) is 0 Å². The molecule has 2 N–H and O–H groups in total. The molecule has 0 spiro atoms. The van der Waals surface area contributed by atoms with Gasteiger partial charge in [0.15, 0.2) is 0 Å². The molecule has 0 fully saturated rings. The van der Waals surface area contributed by atoms with E-state index < -0.39 is 0 Å². The molecule has 3 heterocycles. The molecule has 1 aromatic carbocycles. The maximum atomic E-state index is 12.7. The fourth-order valence-electron chi connectivity index (χ4n) is 2.69. The van der Waals surface area contributed by atoms with E-state index in [2.05, 4.69) is 20.1 Å². The number of H-pyrrole nitrogens is 2. The summed E-state index contributed by atoms with van der Waals surface area (Å²) >= 11 is 5.93. The van der Waals surface area contributed by atoms with Gasteiger partial charge in [-0.05, 0) is 43.3 Å². The Morgan fingerprint density at radius 3 is 2.68 bits per heavy atom. The Morgan fingerprint density at radius 2 is 1.96 bits per heavy atom. The Labute approximate surface area is 147 Å². The lowest BCUT2D eigenvalue weighted by molar-refractivity contribution is 0.863. The molecule has 0 aliphatic rings. The van der Waals surface area contributed by atoms with Crippen LogP contribution < -0.4 is 5.56 Å². The van der Waals surface area contributed by atoms with Crippen molar-refractivity contribution in [3.63, 3.8) is 0 Å². The van der Waals surface area contributed by atoms with E-state index in [9.17, 15) is 4.79 Å². The van der Waals surface area contributed by atoms with Crippen molar-refractivity contribution in [2.24, 2.45) is 0 Å². The molecule has 25 heavy (non-hydrogen) atoms. The summed E-state index contributed by atoms with van der Waals surface area (Å²) in [6.07, 6.45) is 8.78. The van der Waals surface area contributed by atoms with Gasteiger partial charge in [0, 0.05) is 34.9 Å². The quantitative estimate of drug-likeness (QED) is 0.592. The van der Waals surface area contributed by atoms with Crippen molar-refractivity contribution >= 4 is 34.7 Å². The number of hydrogen-bond donors (Lipinski definition) is 2. The number of aromatic amines is 2. The molecular weight excluding hydrogens is 338 g/mol. The number of fused-ring (bicyclic) bond motifs is 1. The standard InChI is InChI=1S/C18H14ClN5O/c1-11-14(6-7-16-20-8-9-21-16)17-15(10-22-11)18(25)24(23-17)13-4-2-12(19)3-5-13/h2-10,23H,1H3,(H,20,21). The summed E-state index contributed by atoms with van der Waals surface area (Å²) in [5.41, 5.74) is 2.95. The first-order chi connectivity index (χ1) is 12.1. The largest absolute Gasteiger partial charge is 0.345 e. The highest BCUT2D eigenvalue weighted by Crippen LogP contribution is 2.20. The molecule has 0 aliphatic carbocycles. The summed E-state index contributed by atoms with van der Waals surface area (Å²) < 4.78 is 1.49. The minimum atomic E-state index is -0.155. The van der Waals surface area contributed by atoms with E-state index in [1.807, 2.05) is 19.1 Å². The highest BCUT2D eigenvalue weighted by molar-refractivity contribution is 6.30. The van der Waals surface area contributed by atoms with Crippen LogP contribution in [-0.2, 0) is 0 Å². The number of pyridine rings is 1. The number of aromatic nitrogens is 5. The van der Waals surface area contributed by atoms with E-state index >= 15 is 0 Å². The summed E-state index contributed by atoms with van der Waals surface area (Å²) in [5.74, 6) is 0.732. The van der Waals surface area contributed by atoms with Gasteiger partial charge in [0.2, 0.25) is 0 Å². The molecule has 0 saturated carbocycles. The van der Waals surface area contributed by atoms with Gasteiger partial charge in [0.25, 0.3) is 5.56 Å². The number of nitrogens with one attached hydrogen (secondary N) is 2. The Hall–Kier alpha value is -3.12. The van der Waals surface area contributed by atoms with Gasteiger partial charge in [0.05, 0.1) is 16.6 Å². The average molecular weight is 352 g/mol. The van der Waals surface area contributed by atoms with E-state index in [1.54, 1.807) is 42.9 Å². The van der Waals surface area contributed by atoms with Crippen LogP contribution in [0.2, 0.25) is 5.02 Å². The zero-order valence-corrected chi connectivity index (χ0v) is 14.1. The second kappa shape index (κ2) is 6.07.